The zero-order valence-corrected chi connectivity index (χ0v) is 26.3. The number of ether oxygens (including phenoxy) is 3. The van der Waals surface area contributed by atoms with E-state index in [9.17, 15) is 24.6 Å². The van der Waals surface area contributed by atoms with Crippen molar-refractivity contribution in [1.82, 2.24) is 0 Å². The van der Waals surface area contributed by atoms with Gasteiger partial charge in [0.05, 0.1) is 0 Å². The minimum atomic E-state index is -0.981. The maximum atomic E-state index is 11.0. The van der Waals surface area contributed by atoms with Crippen LogP contribution in [0.3, 0.4) is 0 Å². The van der Waals surface area contributed by atoms with Gasteiger partial charge in [-0.2, -0.15) is 0 Å². The number of phenols is 2. The van der Waals surface area contributed by atoms with E-state index >= 15 is 0 Å². The van der Waals surface area contributed by atoms with Gasteiger partial charge in [-0.3, -0.25) is 0 Å². The molecule has 0 saturated heterocycles. The Hall–Kier alpha value is -6.09. The summed E-state index contributed by atoms with van der Waals surface area (Å²) in [5.41, 5.74) is 4.03. The fourth-order valence-corrected chi connectivity index (χ4v) is 3.90. The van der Waals surface area contributed by atoms with E-state index in [1.165, 1.54) is 0 Å². The molecule has 0 heterocycles. The molecule has 4 aromatic carbocycles. The molecular formula is C38H38O9. The first-order chi connectivity index (χ1) is 22.4. The molecule has 0 aliphatic heterocycles. The van der Waals surface area contributed by atoms with Gasteiger partial charge in [0.25, 0.3) is 0 Å². The van der Waals surface area contributed by atoms with Crippen LogP contribution in [0.5, 0.6) is 23.0 Å². The number of phenolic OH excluding ortho intramolecular Hbond substituents is 2. The first-order valence-corrected chi connectivity index (χ1v) is 14.3. The lowest BCUT2D eigenvalue weighted by molar-refractivity contribution is -0.138. The third-order valence-corrected chi connectivity index (χ3v) is 6.54. The minimum Gasteiger partial charge on any atom is -0.508 e. The van der Waals surface area contributed by atoms with Gasteiger partial charge >= 0.3 is 17.9 Å². The zero-order chi connectivity index (χ0) is 34.8. The Kier molecular flexibility index (Phi) is 14.7. The van der Waals surface area contributed by atoms with Gasteiger partial charge in [-0.1, -0.05) is 82.1 Å². The van der Waals surface area contributed by atoms with Gasteiger partial charge in [0, 0.05) is 23.6 Å². The highest BCUT2D eigenvalue weighted by molar-refractivity contribution is 5.83. The van der Waals surface area contributed by atoms with E-state index in [1.807, 2.05) is 60.7 Å². The fraction of sp³-hybridized carbons (Fsp3) is 0.132. The Morgan fingerprint density at radius 3 is 1.47 bits per heavy atom. The van der Waals surface area contributed by atoms with E-state index in [1.54, 1.807) is 36.4 Å². The molecule has 0 unspecified atom stereocenters. The summed E-state index contributed by atoms with van der Waals surface area (Å²) < 4.78 is 15.4. The largest absolute Gasteiger partial charge is 0.508 e. The molecule has 0 aliphatic rings. The number of benzene rings is 4. The lowest BCUT2D eigenvalue weighted by Crippen LogP contribution is -2.18. The standard InChI is InChI=1S/C20H22O4.C15H12O3.C3H4O2/c1-4-19(22)24-14-13-23-18-11-7-16(8-12-18)20(2,3)15-5-9-17(21)10-6-15;1-2-15(17)18-14-9-5-12(6-10-14)11-3-7-13(16)8-4-11;1-2-3(4)5/h4-12,21H,1,13-14H2,2-3H3;2-10,16H,1H2;2H,1H2,(H,4,5). The first kappa shape index (κ1) is 37.1. The number of carboxylic acid groups (broad SMARTS) is 1. The molecule has 4 rings (SSSR count). The topological polar surface area (TPSA) is 140 Å². The molecule has 47 heavy (non-hydrogen) atoms. The lowest BCUT2D eigenvalue weighted by atomic mass is 9.78. The van der Waals surface area contributed by atoms with Crippen LogP contribution in [0.25, 0.3) is 11.1 Å². The molecule has 0 fully saturated rings. The number of aliphatic carboxylic acids is 1. The number of carbonyl (C=O) groups is 3. The van der Waals surface area contributed by atoms with Gasteiger partial charge in [-0.25, -0.2) is 14.4 Å². The first-order valence-electron chi connectivity index (χ1n) is 14.3. The molecule has 3 N–H and O–H groups in total. The Labute approximate surface area is 274 Å². The van der Waals surface area contributed by atoms with E-state index in [2.05, 4.69) is 33.6 Å². The third-order valence-electron chi connectivity index (χ3n) is 6.54. The lowest BCUT2D eigenvalue weighted by Gasteiger charge is -2.26. The second-order valence-electron chi connectivity index (χ2n) is 10.2. The summed E-state index contributed by atoms with van der Waals surface area (Å²) in [5.74, 6) is -0.231. The average molecular weight is 639 g/mol. The molecule has 0 atom stereocenters. The van der Waals surface area contributed by atoms with Crippen LogP contribution in [0, 0.1) is 0 Å². The molecule has 0 aromatic heterocycles. The van der Waals surface area contributed by atoms with Crippen molar-refractivity contribution >= 4 is 17.9 Å². The van der Waals surface area contributed by atoms with Crippen molar-refractivity contribution in [3.63, 3.8) is 0 Å². The van der Waals surface area contributed by atoms with Crippen LogP contribution in [-0.2, 0) is 24.5 Å². The van der Waals surface area contributed by atoms with Crippen LogP contribution in [0.15, 0.2) is 135 Å². The molecular weight excluding hydrogens is 600 g/mol. The third kappa shape index (κ3) is 12.8. The number of aromatic hydroxyl groups is 2. The maximum absolute atomic E-state index is 11.0. The number of rotatable bonds is 11. The van der Waals surface area contributed by atoms with Gasteiger partial charge in [-0.15, -0.1) is 0 Å². The Balaban J connectivity index is 0.000000294. The molecule has 0 saturated carbocycles. The molecule has 4 aromatic rings. The van der Waals surface area contributed by atoms with Crippen LogP contribution in [0.1, 0.15) is 25.0 Å². The van der Waals surface area contributed by atoms with Gasteiger partial charge < -0.3 is 29.5 Å². The molecule has 0 spiro atoms. The highest BCUT2D eigenvalue weighted by Crippen LogP contribution is 2.33. The van der Waals surface area contributed by atoms with Crippen LogP contribution >= 0.6 is 0 Å². The normalized spacial score (nSPS) is 10.0. The zero-order valence-electron chi connectivity index (χ0n) is 26.3. The number of hydrogen-bond donors (Lipinski definition) is 3. The number of hydrogen-bond acceptors (Lipinski definition) is 8. The van der Waals surface area contributed by atoms with Crippen LogP contribution in [0.4, 0.5) is 0 Å². The maximum Gasteiger partial charge on any atom is 0.335 e. The molecule has 0 amide bonds. The summed E-state index contributed by atoms with van der Waals surface area (Å²) in [5, 5.41) is 26.2. The SMILES string of the molecule is C=CC(=O)O.C=CC(=O)OCCOc1ccc(C(C)(C)c2ccc(O)cc2)cc1.C=CC(=O)Oc1ccc(-c2ccc(O)cc2)cc1. The summed E-state index contributed by atoms with van der Waals surface area (Å²) in [6, 6.07) is 29.1. The van der Waals surface area contributed by atoms with Crippen LogP contribution in [0.2, 0.25) is 0 Å². The van der Waals surface area contributed by atoms with Crippen molar-refractivity contribution in [2.75, 3.05) is 13.2 Å². The minimum absolute atomic E-state index is 0.186. The Morgan fingerprint density at radius 2 is 1.02 bits per heavy atom. The van der Waals surface area contributed by atoms with Gasteiger partial charge in [0.15, 0.2) is 0 Å². The second-order valence-corrected chi connectivity index (χ2v) is 10.2. The van der Waals surface area contributed by atoms with E-state index in [-0.39, 0.29) is 23.5 Å². The summed E-state index contributed by atoms with van der Waals surface area (Å²) in [6.07, 6.45) is 3.08. The quantitative estimate of drug-likeness (QED) is 0.0672. The van der Waals surface area contributed by atoms with Crippen molar-refractivity contribution in [2.24, 2.45) is 0 Å². The second kappa shape index (κ2) is 18.7. The van der Waals surface area contributed by atoms with Crippen molar-refractivity contribution in [3.05, 3.63) is 146 Å². The smallest absolute Gasteiger partial charge is 0.335 e. The van der Waals surface area contributed by atoms with E-state index in [0.29, 0.717) is 12.4 Å². The summed E-state index contributed by atoms with van der Waals surface area (Å²) >= 11 is 0. The highest BCUT2D eigenvalue weighted by Gasteiger charge is 2.23. The van der Waals surface area contributed by atoms with Crippen molar-refractivity contribution < 1.29 is 43.9 Å². The van der Waals surface area contributed by atoms with Crippen LogP contribution in [-0.4, -0.2) is 46.4 Å². The monoisotopic (exact) mass is 638 g/mol. The van der Waals surface area contributed by atoms with Gasteiger partial charge in [-0.05, 0) is 70.8 Å². The predicted octanol–water partition coefficient (Wildman–Crippen LogP) is 7.23. The number of carboxylic acids is 1. The van der Waals surface area contributed by atoms with E-state index < -0.39 is 17.9 Å². The number of esters is 2. The van der Waals surface area contributed by atoms with Crippen LogP contribution < -0.4 is 9.47 Å². The molecule has 9 nitrogen and oxygen atoms in total. The average Bonchev–Trinajstić information content (AvgIpc) is 3.08. The molecule has 0 bridgehead atoms. The highest BCUT2D eigenvalue weighted by atomic mass is 16.6. The summed E-state index contributed by atoms with van der Waals surface area (Å²) in [4.78, 5) is 31.2. The van der Waals surface area contributed by atoms with Gasteiger partial charge in [0.1, 0.15) is 36.2 Å². The van der Waals surface area contributed by atoms with E-state index in [0.717, 1.165) is 46.2 Å². The molecule has 9 heteroatoms. The molecule has 0 aliphatic carbocycles. The van der Waals surface area contributed by atoms with Crippen molar-refractivity contribution in [1.29, 1.82) is 0 Å². The summed E-state index contributed by atoms with van der Waals surface area (Å²) in [7, 11) is 0. The fourth-order valence-electron chi connectivity index (χ4n) is 3.90. The Bertz CT molecular complexity index is 1620. The molecule has 244 valence electrons. The Morgan fingerprint density at radius 1 is 0.617 bits per heavy atom. The predicted molar refractivity (Wildman–Crippen MR) is 181 cm³/mol. The summed E-state index contributed by atoms with van der Waals surface area (Å²) in [6.45, 7) is 14.4. The van der Waals surface area contributed by atoms with Gasteiger partial charge in [0.2, 0.25) is 0 Å². The molecule has 0 radical (unpaired) electrons. The number of carbonyl (C=O) groups excluding carboxylic acids is 2. The van der Waals surface area contributed by atoms with Crippen molar-refractivity contribution in [3.8, 4) is 34.1 Å². The van der Waals surface area contributed by atoms with E-state index in [4.69, 9.17) is 19.3 Å². The van der Waals surface area contributed by atoms with Crippen molar-refractivity contribution in [2.45, 2.75) is 19.3 Å².